The van der Waals surface area contributed by atoms with Crippen LogP contribution in [0.25, 0.3) is 0 Å². The fraction of sp³-hybridized carbons (Fsp3) is 0.130. The summed E-state index contributed by atoms with van der Waals surface area (Å²) in [6.07, 6.45) is 0. The van der Waals surface area contributed by atoms with Gasteiger partial charge in [-0.15, -0.1) is 0 Å². The maximum atomic E-state index is 11.4. The third-order valence-electron chi connectivity index (χ3n) is 4.08. The summed E-state index contributed by atoms with van der Waals surface area (Å²) >= 11 is 0. The number of aryl methyl sites for hydroxylation is 1. The molecule has 0 bridgehead atoms. The summed E-state index contributed by atoms with van der Waals surface area (Å²) in [6, 6.07) is 28.8. The summed E-state index contributed by atoms with van der Waals surface area (Å²) in [6.45, 7) is 3.41. The maximum absolute atomic E-state index is 11.4. The van der Waals surface area contributed by atoms with E-state index in [1.165, 1.54) is 16.7 Å². The van der Waals surface area contributed by atoms with Crippen molar-refractivity contribution in [2.45, 2.75) is 23.6 Å². The summed E-state index contributed by atoms with van der Waals surface area (Å²) in [5.41, 5.74) is 2.88. The molecule has 3 rings (SSSR count). The summed E-state index contributed by atoms with van der Waals surface area (Å²) in [7, 11) is -0.227. The Morgan fingerprint density at radius 3 is 1.89 bits per heavy atom. The Bertz CT molecular complexity index is 884. The number of hydrogen-bond acceptors (Lipinski definition) is 3. The Hall–Kier alpha value is -2.85. The van der Waals surface area contributed by atoms with Crippen molar-refractivity contribution in [2.24, 2.45) is 5.16 Å². The summed E-state index contributed by atoms with van der Waals surface area (Å²) in [5.74, 6) is 0.243. The summed E-state index contributed by atoms with van der Waals surface area (Å²) in [4.78, 5) is 18.9. The van der Waals surface area contributed by atoms with E-state index in [4.69, 9.17) is 4.84 Å². The molecule has 136 valence electrons. The normalized spacial score (nSPS) is 11.4. The van der Waals surface area contributed by atoms with Crippen LogP contribution in [-0.2, 0) is 20.5 Å². The van der Waals surface area contributed by atoms with E-state index in [0.29, 0.717) is 5.75 Å². The first-order valence-corrected chi connectivity index (χ1v) is 10.2. The van der Waals surface area contributed by atoms with Crippen molar-refractivity contribution in [3.8, 4) is 0 Å². The molecule has 0 radical (unpaired) electrons. The van der Waals surface area contributed by atoms with Crippen LogP contribution in [0.1, 0.15) is 18.1 Å². The lowest BCUT2D eigenvalue weighted by atomic mass is 10.1. The fourth-order valence-corrected chi connectivity index (χ4v) is 4.84. The van der Waals surface area contributed by atoms with E-state index >= 15 is 0 Å². The highest BCUT2D eigenvalue weighted by Crippen LogP contribution is 2.25. The molecule has 0 N–H and O–H groups in total. The highest BCUT2D eigenvalue weighted by Gasteiger charge is 2.29. The molecule has 0 aliphatic rings. The molecule has 0 heterocycles. The Morgan fingerprint density at radius 2 is 1.37 bits per heavy atom. The molecule has 0 aliphatic carbocycles. The molecule has 0 saturated carbocycles. The minimum atomic E-state index is -0.416. The van der Waals surface area contributed by atoms with Gasteiger partial charge >= 0.3 is 5.97 Å². The lowest BCUT2D eigenvalue weighted by molar-refractivity contribution is -0.140. The molecule has 0 unspecified atom stereocenters. The number of carbonyl (C=O) groups excluding carboxylic acids is 1. The number of oxime groups is 1. The monoisotopic (exact) mass is 376 g/mol. The van der Waals surface area contributed by atoms with Gasteiger partial charge < -0.3 is 4.84 Å². The van der Waals surface area contributed by atoms with Crippen LogP contribution < -0.4 is 0 Å². The van der Waals surface area contributed by atoms with Gasteiger partial charge in [0.2, 0.25) is 0 Å². The molecule has 0 amide bonds. The highest BCUT2D eigenvalue weighted by atomic mass is 32.2. The third kappa shape index (κ3) is 5.08. The Balaban J connectivity index is 2.03. The second-order valence-corrected chi connectivity index (χ2v) is 8.11. The van der Waals surface area contributed by atoms with Crippen LogP contribution in [0.2, 0.25) is 0 Å². The predicted molar refractivity (Wildman–Crippen MR) is 111 cm³/mol. The van der Waals surface area contributed by atoms with E-state index in [1.807, 2.05) is 43.3 Å². The average molecular weight is 377 g/mol. The lowest BCUT2D eigenvalue weighted by Crippen LogP contribution is -2.20. The van der Waals surface area contributed by atoms with E-state index in [-0.39, 0.29) is 10.9 Å². The molecule has 0 saturated heterocycles. The van der Waals surface area contributed by atoms with Crippen LogP contribution in [0.5, 0.6) is 0 Å². The highest BCUT2D eigenvalue weighted by molar-refractivity contribution is 7.97. The Labute approximate surface area is 163 Å². The molecular formula is C23H22NO2S+. The minimum absolute atomic E-state index is 0.227. The van der Waals surface area contributed by atoms with Crippen molar-refractivity contribution in [1.29, 1.82) is 0 Å². The predicted octanol–water partition coefficient (Wildman–Crippen LogP) is 5.00. The second-order valence-electron chi connectivity index (χ2n) is 6.10. The van der Waals surface area contributed by atoms with E-state index in [0.717, 1.165) is 16.8 Å². The van der Waals surface area contributed by atoms with Crippen molar-refractivity contribution in [3.63, 3.8) is 0 Å². The molecule has 0 aliphatic heterocycles. The van der Waals surface area contributed by atoms with E-state index < -0.39 is 5.97 Å². The van der Waals surface area contributed by atoms with Gasteiger partial charge in [0.05, 0.1) is 10.9 Å². The van der Waals surface area contributed by atoms with Gasteiger partial charge in [-0.2, -0.15) is 0 Å². The molecule has 0 aromatic heterocycles. The number of nitrogens with zero attached hydrogens (tertiary/aromatic N) is 1. The smallest absolute Gasteiger partial charge is 0.318 e. The van der Waals surface area contributed by atoms with Crippen LogP contribution in [0, 0.1) is 6.92 Å². The number of hydrogen-bond donors (Lipinski definition) is 0. The zero-order chi connectivity index (χ0) is 19.1. The van der Waals surface area contributed by atoms with Gasteiger partial charge in [-0.05, 0) is 36.8 Å². The minimum Gasteiger partial charge on any atom is -0.318 e. The summed E-state index contributed by atoms with van der Waals surface area (Å²) in [5, 5.41) is 4.22. The molecule has 3 aromatic carbocycles. The number of rotatable bonds is 6. The summed E-state index contributed by atoms with van der Waals surface area (Å²) < 4.78 is 0. The van der Waals surface area contributed by atoms with Gasteiger partial charge in [0.15, 0.2) is 15.5 Å². The zero-order valence-electron chi connectivity index (χ0n) is 15.5. The molecule has 3 aromatic rings. The van der Waals surface area contributed by atoms with Crippen LogP contribution >= 0.6 is 0 Å². The molecule has 27 heavy (non-hydrogen) atoms. The van der Waals surface area contributed by atoms with E-state index in [1.54, 1.807) is 0 Å². The van der Waals surface area contributed by atoms with E-state index in [2.05, 4.69) is 53.7 Å². The topological polar surface area (TPSA) is 38.7 Å². The van der Waals surface area contributed by atoms with E-state index in [9.17, 15) is 4.79 Å². The van der Waals surface area contributed by atoms with Crippen molar-refractivity contribution in [3.05, 3.63) is 96.1 Å². The molecule has 3 nitrogen and oxygen atoms in total. The second kappa shape index (κ2) is 9.19. The SMILES string of the molecule is CC(=O)ON=C(C[S+](c1ccccc1)c1ccccc1)c1ccccc1C. The zero-order valence-corrected chi connectivity index (χ0v) is 16.3. The maximum Gasteiger partial charge on any atom is 0.331 e. The van der Waals surface area contributed by atoms with Gasteiger partial charge in [0.1, 0.15) is 5.71 Å². The fourth-order valence-electron chi connectivity index (χ4n) is 2.78. The molecule has 0 fully saturated rings. The van der Waals surface area contributed by atoms with Crippen molar-refractivity contribution in [1.82, 2.24) is 0 Å². The van der Waals surface area contributed by atoms with Crippen molar-refractivity contribution >= 4 is 22.6 Å². The van der Waals surface area contributed by atoms with Crippen LogP contribution in [0.15, 0.2) is 99.9 Å². The lowest BCUT2D eigenvalue weighted by Gasteiger charge is -2.12. The van der Waals surface area contributed by atoms with Crippen molar-refractivity contribution < 1.29 is 9.63 Å². The van der Waals surface area contributed by atoms with Crippen LogP contribution in [0.4, 0.5) is 0 Å². The third-order valence-corrected chi connectivity index (χ3v) is 6.32. The van der Waals surface area contributed by atoms with Gasteiger partial charge in [-0.25, -0.2) is 4.79 Å². The molecular weight excluding hydrogens is 354 g/mol. The standard InChI is InChI=1S/C23H22NO2S/c1-18-11-9-10-16-22(18)23(24-26-19(2)25)17-27(20-12-5-3-6-13-20)21-14-7-4-8-15-21/h3-16H,17H2,1-2H3/q+1. The van der Waals surface area contributed by atoms with Crippen LogP contribution in [0.3, 0.4) is 0 Å². The largest absolute Gasteiger partial charge is 0.331 e. The Kier molecular flexibility index (Phi) is 6.44. The molecule has 0 atom stereocenters. The quantitative estimate of drug-likeness (QED) is 0.263. The first-order valence-electron chi connectivity index (χ1n) is 8.76. The van der Waals surface area contributed by atoms with Crippen molar-refractivity contribution in [2.75, 3.05) is 5.75 Å². The number of carbonyl (C=O) groups is 1. The molecule has 0 spiro atoms. The van der Waals surface area contributed by atoms with Gasteiger partial charge in [0.25, 0.3) is 0 Å². The van der Waals surface area contributed by atoms with Gasteiger partial charge in [-0.1, -0.05) is 65.8 Å². The number of benzene rings is 3. The van der Waals surface area contributed by atoms with Crippen LogP contribution in [-0.4, -0.2) is 17.4 Å². The van der Waals surface area contributed by atoms with Gasteiger partial charge in [0, 0.05) is 12.5 Å². The average Bonchev–Trinajstić information content (AvgIpc) is 2.70. The molecule has 4 heteroatoms. The first-order chi connectivity index (χ1) is 13.1. The van der Waals surface area contributed by atoms with Gasteiger partial charge in [-0.3, -0.25) is 0 Å². The Morgan fingerprint density at radius 1 is 0.852 bits per heavy atom. The first kappa shape index (κ1) is 18.9.